The third-order valence-corrected chi connectivity index (χ3v) is 8.35. The summed E-state index contributed by atoms with van der Waals surface area (Å²) in [7, 11) is 0. The van der Waals surface area contributed by atoms with Crippen LogP contribution in [0.4, 0.5) is 11.4 Å². The minimum Gasteiger partial charge on any atom is -0.506 e. The molecule has 0 aromatic heterocycles. The van der Waals surface area contributed by atoms with Gasteiger partial charge in [-0.25, -0.2) is 9.59 Å². The van der Waals surface area contributed by atoms with Gasteiger partial charge in [-0.2, -0.15) is 0 Å². The Kier molecular flexibility index (Phi) is 21.4. The Hall–Kier alpha value is -6.14. The molecule has 0 bridgehead atoms. The number of rotatable bonds is 20. The number of hydrogen-bond acceptors (Lipinski definition) is 14. The van der Waals surface area contributed by atoms with E-state index < -0.39 is 24.1 Å². The van der Waals surface area contributed by atoms with Crippen molar-refractivity contribution in [3.63, 3.8) is 0 Å². The standard InChI is InChI=1S/2C19H24N2O4.C4H4O4/c2*1-13(8-14-2-4-15(11-22)5-3-14)20-10-19(25)16-6-7-18(24)17(9-16)21-12-23;5-3(6)1-2-4(7)8/h2*2-7,9,11,13,19-21,23-25H,8,10,12H2,1H3;1-2H,(H,5,6)(H,7,8)/b;;2-1+/t2*13-,19+;/m00./s1. The summed E-state index contributed by atoms with van der Waals surface area (Å²) in [5.74, 6) is -2.48. The molecule has 0 saturated carbocycles. The topological polar surface area (TPSA) is 278 Å². The quantitative estimate of drug-likeness (QED) is 0.0264. The summed E-state index contributed by atoms with van der Waals surface area (Å²) in [4.78, 5) is 40.4. The molecule has 4 atom stereocenters. The van der Waals surface area contributed by atoms with Crippen LogP contribution in [0.5, 0.6) is 11.5 Å². The molecule has 58 heavy (non-hydrogen) atoms. The van der Waals surface area contributed by atoms with Crippen LogP contribution in [0.25, 0.3) is 0 Å². The largest absolute Gasteiger partial charge is 0.506 e. The third-order valence-electron chi connectivity index (χ3n) is 8.35. The van der Waals surface area contributed by atoms with Crippen LogP contribution in [0.3, 0.4) is 0 Å². The number of hydrogen-bond donors (Lipinski definition) is 12. The molecular formula is C42H52N4O12. The predicted octanol–water partition coefficient (Wildman–Crippen LogP) is 3.35. The van der Waals surface area contributed by atoms with Gasteiger partial charge in [-0.15, -0.1) is 0 Å². The molecule has 0 radical (unpaired) electrons. The van der Waals surface area contributed by atoms with Crippen LogP contribution in [-0.4, -0.2) is 104 Å². The lowest BCUT2D eigenvalue weighted by Crippen LogP contribution is -2.32. The number of carboxylic acid groups (broad SMARTS) is 2. The Balaban J connectivity index is 0.000000337. The van der Waals surface area contributed by atoms with Crippen LogP contribution in [0.1, 0.15) is 69.0 Å². The number of carbonyl (C=O) groups excluding carboxylic acids is 2. The highest BCUT2D eigenvalue weighted by Gasteiger charge is 2.14. The molecule has 4 aromatic rings. The Morgan fingerprint density at radius 2 is 0.931 bits per heavy atom. The van der Waals surface area contributed by atoms with Crippen molar-refractivity contribution in [1.82, 2.24) is 10.6 Å². The Labute approximate surface area is 336 Å². The van der Waals surface area contributed by atoms with Crippen molar-refractivity contribution >= 4 is 35.9 Å². The summed E-state index contributed by atoms with van der Waals surface area (Å²) in [6.07, 6.45) is 2.83. The summed E-state index contributed by atoms with van der Waals surface area (Å²) in [5, 5.41) is 85.2. The van der Waals surface area contributed by atoms with Crippen LogP contribution < -0.4 is 21.3 Å². The smallest absolute Gasteiger partial charge is 0.328 e. The van der Waals surface area contributed by atoms with Gasteiger partial charge in [-0.1, -0.05) is 60.7 Å². The summed E-state index contributed by atoms with van der Waals surface area (Å²) in [6.45, 7) is 4.16. The maximum absolute atomic E-state index is 10.7. The van der Waals surface area contributed by atoms with Gasteiger partial charge in [0.05, 0.1) is 23.6 Å². The van der Waals surface area contributed by atoms with E-state index >= 15 is 0 Å². The minimum absolute atomic E-state index is 0.0186. The average Bonchev–Trinajstić information content (AvgIpc) is 3.21. The fourth-order valence-electron chi connectivity index (χ4n) is 5.30. The lowest BCUT2D eigenvalue weighted by Gasteiger charge is -2.18. The zero-order valence-corrected chi connectivity index (χ0v) is 32.2. The first-order chi connectivity index (χ1) is 27.7. The molecular weight excluding hydrogens is 752 g/mol. The SMILES string of the molecule is C[C@@H](Cc1ccc(C=O)cc1)NC[C@@H](O)c1ccc(O)c(NCO)c1.C[C@@H](Cc1ccc(C=O)cc1)NC[C@@H](O)c1ccc(O)c(NCO)c1.O=C(O)/C=C/C(=O)O. The second-order valence-corrected chi connectivity index (χ2v) is 13.0. The molecule has 0 unspecified atom stereocenters. The van der Waals surface area contributed by atoms with Crippen LogP contribution in [0.15, 0.2) is 97.1 Å². The summed E-state index contributed by atoms with van der Waals surface area (Å²) < 4.78 is 0. The number of anilines is 2. The molecule has 0 aliphatic heterocycles. The number of aliphatic hydroxyl groups excluding tert-OH is 4. The monoisotopic (exact) mass is 804 g/mol. The fraction of sp³-hybridized carbons (Fsp3) is 0.286. The van der Waals surface area contributed by atoms with E-state index in [0.29, 0.717) is 58.9 Å². The first-order valence-corrected chi connectivity index (χ1v) is 18.1. The van der Waals surface area contributed by atoms with Gasteiger partial charge in [0.2, 0.25) is 0 Å². The first-order valence-electron chi connectivity index (χ1n) is 18.1. The number of benzene rings is 4. The van der Waals surface area contributed by atoms with Gasteiger partial charge in [0.1, 0.15) is 37.5 Å². The molecule has 0 aliphatic carbocycles. The van der Waals surface area contributed by atoms with Gasteiger partial charge < -0.3 is 62.1 Å². The fourth-order valence-corrected chi connectivity index (χ4v) is 5.30. The molecule has 12 N–H and O–H groups in total. The summed E-state index contributed by atoms with van der Waals surface area (Å²) in [6, 6.07) is 24.6. The number of aldehydes is 2. The number of aliphatic hydroxyl groups is 4. The van der Waals surface area contributed by atoms with Crippen LogP contribution >= 0.6 is 0 Å². The molecule has 0 spiro atoms. The first kappa shape index (κ1) is 48.0. The van der Waals surface area contributed by atoms with Gasteiger partial charge >= 0.3 is 11.9 Å². The van der Waals surface area contributed by atoms with Gasteiger partial charge in [0.25, 0.3) is 0 Å². The van der Waals surface area contributed by atoms with E-state index in [1.165, 1.54) is 12.1 Å². The summed E-state index contributed by atoms with van der Waals surface area (Å²) >= 11 is 0. The van der Waals surface area contributed by atoms with Crippen molar-refractivity contribution in [2.24, 2.45) is 0 Å². The molecule has 4 aromatic carbocycles. The lowest BCUT2D eigenvalue weighted by molar-refractivity contribution is -0.134. The molecule has 0 heterocycles. The van der Waals surface area contributed by atoms with Crippen molar-refractivity contribution < 1.29 is 60.0 Å². The average molecular weight is 805 g/mol. The van der Waals surface area contributed by atoms with E-state index in [1.54, 1.807) is 48.5 Å². The molecule has 16 nitrogen and oxygen atoms in total. The van der Waals surface area contributed by atoms with E-state index in [4.69, 9.17) is 20.4 Å². The zero-order valence-electron chi connectivity index (χ0n) is 32.2. The molecule has 0 fully saturated rings. The van der Waals surface area contributed by atoms with E-state index in [-0.39, 0.29) is 37.0 Å². The second-order valence-electron chi connectivity index (χ2n) is 13.0. The number of nitrogens with one attached hydrogen (secondary N) is 4. The Morgan fingerprint density at radius 3 is 1.22 bits per heavy atom. The van der Waals surface area contributed by atoms with E-state index in [9.17, 15) is 39.6 Å². The zero-order chi connectivity index (χ0) is 43.0. The van der Waals surface area contributed by atoms with E-state index in [1.807, 2.05) is 38.1 Å². The number of carbonyl (C=O) groups is 4. The highest BCUT2D eigenvalue weighted by molar-refractivity contribution is 5.89. The van der Waals surface area contributed by atoms with Gasteiger partial charge in [0, 0.05) is 48.5 Å². The maximum Gasteiger partial charge on any atom is 0.328 e. The van der Waals surface area contributed by atoms with Crippen molar-refractivity contribution in [2.45, 2.75) is 51.0 Å². The third kappa shape index (κ3) is 18.2. The number of phenolic OH excluding ortho intramolecular Hbond substituents is 2. The van der Waals surface area contributed by atoms with Crippen molar-refractivity contribution in [2.75, 3.05) is 37.2 Å². The predicted molar refractivity (Wildman–Crippen MR) is 218 cm³/mol. The number of phenols is 2. The molecule has 0 saturated heterocycles. The number of aromatic hydroxyl groups is 2. The molecule has 0 aliphatic rings. The van der Waals surface area contributed by atoms with E-state index in [2.05, 4.69) is 21.3 Å². The van der Waals surface area contributed by atoms with Crippen LogP contribution in [0, 0.1) is 0 Å². The molecule has 16 heteroatoms. The molecule has 0 amide bonds. The lowest BCUT2D eigenvalue weighted by atomic mass is 10.0. The normalized spacial score (nSPS) is 12.7. The van der Waals surface area contributed by atoms with Crippen LogP contribution in [-0.2, 0) is 22.4 Å². The maximum atomic E-state index is 10.7. The van der Waals surface area contributed by atoms with Crippen molar-refractivity contribution in [3.8, 4) is 11.5 Å². The molecule has 312 valence electrons. The minimum atomic E-state index is -1.26. The van der Waals surface area contributed by atoms with E-state index in [0.717, 1.165) is 36.5 Å². The van der Waals surface area contributed by atoms with Crippen molar-refractivity contribution in [1.29, 1.82) is 0 Å². The van der Waals surface area contributed by atoms with Gasteiger partial charge in [-0.05, 0) is 73.2 Å². The highest BCUT2D eigenvalue weighted by atomic mass is 16.4. The van der Waals surface area contributed by atoms with Crippen LogP contribution in [0.2, 0.25) is 0 Å². The van der Waals surface area contributed by atoms with Gasteiger partial charge in [0.15, 0.2) is 0 Å². The Morgan fingerprint density at radius 1 is 0.586 bits per heavy atom. The highest BCUT2D eigenvalue weighted by Crippen LogP contribution is 2.28. The number of carboxylic acids is 2. The van der Waals surface area contributed by atoms with Crippen molar-refractivity contribution in [3.05, 3.63) is 130 Å². The number of aliphatic carboxylic acids is 2. The van der Waals surface area contributed by atoms with Gasteiger partial charge in [-0.3, -0.25) is 9.59 Å². The second kappa shape index (κ2) is 25.9. The molecule has 4 rings (SSSR count). The Bertz CT molecular complexity index is 1770. The summed E-state index contributed by atoms with van der Waals surface area (Å²) in [5.41, 5.74) is 5.56.